The highest BCUT2D eigenvalue weighted by atomic mass is 35.5. The van der Waals surface area contributed by atoms with Crippen molar-refractivity contribution in [2.45, 2.75) is 34.1 Å². The Bertz CT molecular complexity index is 1250. The van der Waals surface area contributed by atoms with E-state index in [0.717, 1.165) is 64.2 Å². The normalized spacial score (nSPS) is 13.8. The molecule has 7 heteroatoms. The molecule has 0 saturated heterocycles. The fourth-order valence-electron chi connectivity index (χ4n) is 4.20. The van der Waals surface area contributed by atoms with Crippen LogP contribution in [0.5, 0.6) is 0 Å². The molecule has 2 aromatic carbocycles. The first-order chi connectivity index (χ1) is 17.5. The SMILES string of the molecule is C=C1c2c(Cl)cccc2C=C(CC)N1c1ccccc1.C=C1c2c(N)ncnc2NCN1CC.CC. The number of hydrogen-bond acceptors (Lipinski definition) is 6. The van der Waals surface area contributed by atoms with Crippen molar-refractivity contribution in [2.24, 2.45) is 0 Å². The van der Waals surface area contributed by atoms with Crippen LogP contribution in [0, 0.1) is 0 Å². The Morgan fingerprint density at radius 3 is 2.36 bits per heavy atom. The highest BCUT2D eigenvalue weighted by Crippen LogP contribution is 2.40. The summed E-state index contributed by atoms with van der Waals surface area (Å²) in [6.07, 6.45) is 4.60. The first-order valence-electron chi connectivity index (χ1n) is 12.3. The standard InChI is InChI=1S/C18H16ClN.C9H13N5.C2H6/c1-3-15-12-14-8-7-11-17(19)18(14)13(2)20(15)16-9-5-4-6-10-16;1-3-14-5-13-9-7(6(14)2)8(10)11-4-12-9;1-2/h4-12H,2-3H2,1H3;4H,2-3,5H2,1H3,(H3,10,11,12,13);1-2H3. The van der Waals surface area contributed by atoms with Crippen LogP contribution in [0.1, 0.15) is 50.8 Å². The van der Waals surface area contributed by atoms with Crippen LogP contribution in [-0.4, -0.2) is 28.1 Å². The van der Waals surface area contributed by atoms with Gasteiger partial charge >= 0.3 is 0 Å². The van der Waals surface area contributed by atoms with Crippen molar-refractivity contribution in [3.8, 4) is 0 Å². The summed E-state index contributed by atoms with van der Waals surface area (Å²) in [5.74, 6) is 1.25. The molecule has 3 N–H and O–H groups in total. The Balaban J connectivity index is 0.000000198. The zero-order chi connectivity index (χ0) is 26.2. The maximum Gasteiger partial charge on any atom is 0.142 e. The van der Waals surface area contributed by atoms with Gasteiger partial charge in [0.15, 0.2) is 0 Å². The fraction of sp³-hybridized carbons (Fsp3) is 0.241. The number of fused-ring (bicyclic) bond motifs is 2. The number of rotatable bonds is 3. The lowest BCUT2D eigenvalue weighted by Crippen LogP contribution is -2.33. The number of nitrogen functional groups attached to an aromatic ring is 1. The molecule has 0 fully saturated rings. The minimum atomic E-state index is 0.477. The summed E-state index contributed by atoms with van der Waals surface area (Å²) in [6, 6.07) is 16.3. The minimum absolute atomic E-state index is 0.477. The Morgan fingerprint density at radius 2 is 1.69 bits per heavy atom. The van der Waals surface area contributed by atoms with Gasteiger partial charge in [-0.2, -0.15) is 0 Å². The summed E-state index contributed by atoms with van der Waals surface area (Å²) in [5, 5.41) is 3.92. The molecule has 0 aliphatic carbocycles. The first kappa shape index (κ1) is 26.8. The topological polar surface area (TPSA) is 70.3 Å². The third-order valence-electron chi connectivity index (χ3n) is 5.96. The highest BCUT2D eigenvalue weighted by Gasteiger charge is 2.24. The number of halogens is 1. The van der Waals surface area contributed by atoms with E-state index in [0.29, 0.717) is 5.82 Å². The van der Waals surface area contributed by atoms with Crippen LogP contribution in [0.2, 0.25) is 5.02 Å². The van der Waals surface area contributed by atoms with Crippen molar-refractivity contribution in [3.63, 3.8) is 0 Å². The lowest BCUT2D eigenvalue weighted by atomic mass is 9.97. The molecule has 1 aromatic heterocycles. The first-order valence-corrected chi connectivity index (χ1v) is 12.7. The summed E-state index contributed by atoms with van der Waals surface area (Å²) in [7, 11) is 0. The number of para-hydroxylation sites is 1. The Hall–Kier alpha value is -3.77. The van der Waals surface area contributed by atoms with Crippen LogP contribution >= 0.6 is 11.6 Å². The van der Waals surface area contributed by atoms with Gasteiger partial charge in [-0.05, 0) is 43.2 Å². The third-order valence-corrected chi connectivity index (χ3v) is 6.27. The van der Waals surface area contributed by atoms with E-state index in [-0.39, 0.29) is 0 Å². The van der Waals surface area contributed by atoms with Gasteiger partial charge < -0.3 is 20.9 Å². The Morgan fingerprint density at radius 1 is 0.972 bits per heavy atom. The monoisotopic (exact) mass is 502 g/mol. The molecule has 188 valence electrons. The summed E-state index contributed by atoms with van der Waals surface area (Å²) in [5.41, 5.74) is 12.9. The van der Waals surface area contributed by atoms with Gasteiger partial charge in [0, 0.05) is 34.9 Å². The summed E-state index contributed by atoms with van der Waals surface area (Å²) < 4.78 is 0. The molecular weight excluding hydrogens is 468 g/mol. The van der Waals surface area contributed by atoms with Gasteiger partial charge in [0.2, 0.25) is 0 Å². The van der Waals surface area contributed by atoms with E-state index < -0.39 is 0 Å². The molecule has 3 heterocycles. The molecule has 2 aliphatic heterocycles. The van der Waals surface area contributed by atoms with E-state index >= 15 is 0 Å². The molecule has 6 nitrogen and oxygen atoms in total. The molecule has 2 aliphatic rings. The summed E-state index contributed by atoms with van der Waals surface area (Å²) in [6.45, 7) is 18.1. The van der Waals surface area contributed by atoms with Crippen molar-refractivity contribution < 1.29 is 0 Å². The molecule has 0 bridgehead atoms. The van der Waals surface area contributed by atoms with Crippen molar-refractivity contribution in [3.05, 3.63) is 95.4 Å². The molecule has 0 saturated carbocycles. The van der Waals surface area contributed by atoms with Crippen LogP contribution in [0.3, 0.4) is 0 Å². The Kier molecular flexibility index (Phi) is 9.14. The molecular formula is C29H35ClN6. The predicted octanol–water partition coefficient (Wildman–Crippen LogP) is 7.34. The number of benzene rings is 2. The van der Waals surface area contributed by atoms with Gasteiger partial charge in [0.25, 0.3) is 0 Å². The van der Waals surface area contributed by atoms with E-state index in [2.05, 4.69) is 76.4 Å². The van der Waals surface area contributed by atoms with Gasteiger partial charge in [-0.15, -0.1) is 0 Å². The predicted molar refractivity (Wildman–Crippen MR) is 155 cm³/mol. The maximum atomic E-state index is 6.36. The molecule has 5 rings (SSSR count). The lowest BCUT2D eigenvalue weighted by molar-refractivity contribution is 0.440. The largest absolute Gasteiger partial charge is 0.383 e. The highest BCUT2D eigenvalue weighted by molar-refractivity contribution is 6.33. The van der Waals surface area contributed by atoms with Crippen LogP contribution in [0.25, 0.3) is 17.5 Å². The number of nitrogens with zero attached hydrogens (tertiary/aromatic N) is 4. The second-order valence-electron chi connectivity index (χ2n) is 7.93. The molecule has 0 amide bonds. The third kappa shape index (κ3) is 5.39. The van der Waals surface area contributed by atoms with Gasteiger partial charge in [-0.1, -0.05) is 75.9 Å². The zero-order valence-corrected chi connectivity index (χ0v) is 22.3. The van der Waals surface area contributed by atoms with E-state index in [1.807, 2.05) is 44.2 Å². The average Bonchev–Trinajstić information content (AvgIpc) is 2.91. The average molecular weight is 503 g/mol. The molecule has 3 aromatic rings. The molecule has 0 unspecified atom stereocenters. The number of aromatic nitrogens is 2. The summed E-state index contributed by atoms with van der Waals surface area (Å²) >= 11 is 6.36. The number of anilines is 3. The van der Waals surface area contributed by atoms with Gasteiger partial charge in [-0.3, -0.25) is 0 Å². The van der Waals surface area contributed by atoms with Crippen LogP contribution < -0.4 is 16.0 Å². The molecule has 36 heavy (non-hydrogen) atoms. The van der Waals surface area contributed by atoms with E-state index in [1.54, 1.807) is 0 Å². The smallest absolute Gasteiger partial charge is 0.142 e. The van der Waals surface area contributed by atoms with E-state index in [9.17, 15) is 0 Å². The van der Waals surface area contributed by atoms with Crippen molar-refractivity contribution in [1.29, 1.82) is 0 Å². The summed E-state index contributed by atoms with van der Waals surface area (Å²) in [4.78, 5) is 12.3. The van der Waals surface area contributed by atoms with Crippen LogP contribution in [0.4, 0.5) is 17.3 Å². The van der Waals surface area contributed by atoms with Gasteiger partial charge in [-0.25, -0.2) is 9.97 Å². The second-order valence-corrected chi connectivity index (χ2v) is 8.34. The second kappa shape index (κ2) is 12.3. The van der Waals surface area contributed by atoms with Crippen LogP contribution in [-0.2, 0) is 0 Å². The molecule has 0 spiro atoms. The van der Waals surface area contributed by atoms with E-state index in [4.69, 9.17) is 17.3 Å². The van der Waals surface area contributed by atoms with Crippen molar-refractivity contribution in [1.82, 2.24) is 14.9 Å². The van der Waals surface area contributed by atoms with Crippen LogP contribution in [0.15, 0.2) is 73.7 Å². The lowest BCUT2D eigenvalue weighted by Gasteiger charge is -2.34. The Labute approximate surface area is 219 Å². The van der Waals surface area contributed by atoms with E-state index in [1.165, 1.54) is 12.0 Å². The number of hydrogen-bond donors (Lipinski definition) is 2. The molecule has 0 atom stereocenters. The number of nitrogens with one attached hydrogen (secondary N) is 1. The van der Waals surface area contributed by atoms with Crippen molar-refractivity contribution in [2.75, 3.05) is 29.2 Å². The maximum absolute atomic E-state index is 6.36. The molecule has 0 radical (unpaired) electrons. The van der Waals surface area contributed by atoms with Gasteiger partial charge in [0.05, 0.1) is 17.3 Å². The fourth-order valence-corrected chi connectivity index (χ4v) is 4.49. The van der Waals surface area contributed by atoms with Crippen molar-refractivity contribution >= 4 is 46.4 Å². The minimum Gasteiger partial charge on any atom is -0.383 e. The van der Waals surface area contributed by atoms with Gasteiger partial charge in [0.1, 0.15) is 18.0 Å². The number of nitrogens with two attached hydrogens (primary N) is 1. The quantitative estimate of drug-likeness (QED) is 0.390. The zero-order valence-electron chi connectivity index (χ0n) is 21.6. The number of allylic oxidation sites excluding steroid dienone is 1.